The van der Waals surface area contributed by atoms with E-state index < -0.39 is 5.60 Å². The lowest BCUT2D eigenvalue weighted by Crippen LogP contribution is -2.44. The van der Waals surface area contributed by atoms with Crippen LogP contribution in [-0.2, 0) is 11.2 Å². The Labute approximate surface area is 132 Å². The van der Waals surface area contributed by atoms with Gasteiger partial charge in [0, 0.05) is 23.9 Å². The minimum absolute atomic E-state index is 0.167. The average Bonchev–Trinajstić information content (AvgIpc) is 2.82. The predicted molar refractivity (Wildman–Crippen MR) is 84.4 cm³/mol. The van der Waals surface area contributed by atoms with Gasteiger partial charge in [0.1, 0.15) is 5.60 Å². The Morgan fingerprint density at radius 2 is 2.25 bits per heavy atom. The van der Waals surface area contributed by atoms with Gasteiger partial charge in [-0.3, -0.25) is 0 Å². The molecule has 0 bridgehead atoms. The van der Waals surface area contributed by atoms with Crippen LogP contribution in [0.1, 0.15) is 43.6 Å². The molecule has 1 aromatic rings. The summed E-state index contributed by atoms with van der Waals surface area (Å²) in [4.78, 5) is 15.6. The summed E-state index contributed by atoms with van der Waals surface area (Å²) < 4.78 is 6.70. The van der Waals surface area contributed by atoms with Crippen molar-refractivity contribution in [1.82, 2.24) is 4.90 Å². The Bertz CT molecular complexity index is 534. The first-order valence-electron chi connectivity index (χ1n) is 7.09. The molecule has 1 amide bonds. The molecule has 3 nitrogen and oxygen atoms in total. The maximum absolute atomic E-state index is 12.2. The van der Waals surface area contributed by atoms with Gasteiger partial charge in [-0.15, -0.1) is 11.3 Å². The zero-order valence-electron chi connectivity index (χ0n) is 12.1. The van der Waals surface area contributed by atoms with Gasteiger partial charge in [0.2, 0.25) is 0 Å². The number of likely N-dealkylation sites (tertiary alicyclic amines) is 1. The number of nitrogens with zero attached hydrogens (tertiary/aromatic N) is 1. The van der Waals surface area contributed by atoms with Gasteiger partial charge in [0.15, 0.2) is 0 Å². The minimum Gasteiger partial charge on any atom is -0.444 e. The highest BCUT2D eigenvalue weighted by atomic mass is 79.9. The van der Waals surface area contributed by atoms with Gasteiger partial charge in [-0.25, -0.2) is 4.79 Å². The molecule has 0 radical (unpaired) electrons. The molecule has 1 saturated heterocycles. The molecule has 20 heavy (non-hydrogen) atoms. The van der Waals surface area contributed by atoms with Crippen LogP contribution < -0.4 is 0 Å². The number of carbonyl (C=O) groups excluding carboxylic acids is 1. The van der Waals surface area contributed by atoms with Gasteiger partial charge in [-0.2, -0.15) is 0 Å². The van der Waals surface area contributed by atoms with Crippen LogP contribution in [0.25, 0.3) is 0 Å². The number of thiophene rings is 1. The average molecular weight is 358 g/mol. The molecule has 2 heterocycles. The SMILES string of the molecule is CC(C)(C)OC(=O)N1CCC2Cc3cc(Br)sc3C2C1. The molecule has 0 aromatic carbocycles. The summed E-state index contributed by atoms with van der Waals surface area (Å²) >= 11 is 5.40. The van der Waals surface area contributed by atoms with Crippen molar-refractivity contribution in [2.45, 2.75) is 45.1 Å². The first-order chi connectivity index (χ1) is 9.33. The summed E-state index contributed by atoms with van der Waals surface area (Å²) in [6.45, 7) is 7.39. The van der Waals surface area contributed by atoms with Crippen LogP contribution in [0.5, 0.6) is 0 Å². The Morgan fingerprint density at radius 1 is 1.50 bits per heavy atom. The van der Waals surface area contributed by atoms with Gasteiger partial charge in [0.25, 0.3) is 0 Å². The lowest BCUT2D eigenvalue weighted by molar-refractivity contribution is 0.0166. The van der Waals surface area contributed by atoms with Crippen molar-refractivity contribution in [2.75, 3.05) is 13.1 Å². The van der Waals surface area contributed by atoms with Crippen LogP contribution in [0.3, 0.4) is 0 Å². The molecule has 0 N–H and O–H groups in total. The smallest absolute Gasteiger partial charge is 0.410 e. The summed E-state index contributed by atoms with van der Waals surface area (Å²) in [6, 6.07) is 2.25. The number of ether oxygens (including phenoxy) is 1. The van der Waals surface area contributed by atoms with Crippen LogP contribution in [0, 0.1) is 5.92 Å². The first kappa shape index (κ1) is 14.4. The van der Waals surface area contributed by atoms with Crippen LogP contribution in [0.15, 0.2) is 9.85 Å². The summed E-state index contributed by atoms with van der Waals surface area (Å²) in [5.74, 6) is 1.21. The highest BCUT2D eigenvalue weighted by Crippen LogP contribution is 2.47. The Kier molecular flexibility index (Phi) is 3.61. The molecule has 0 spiro atoms. The fourth-order valence-corrected chi connectivity index (χ4v) is 5.10. The molecule has 2 atom stereocenters. The van der Waals surface area contributed by atoms with E-state index in [2.05, 4.69) is 22.0 Å². The van der Waals surface area contributed by atoms with Gasteiger partial charge < -0.3 is 9.64 Å². The number of halogens is 1. The zero-order valence-corrected chi connectivity index (χ0v) is 14.5. The summed E-state index contributed by atoms with van der Waals surface area (Å²) in [6.07, 6.45) is 2.09. The van der Waals surface area contributed by atoms with Crippen molar-refractivity contribution < 1.29 is 9.53 Å². The van der Waals surface area contributed by atoms with Crippen molar-refractivity contribution in [1.29, 1.82) is 0 Å². The molecule has 3 rings (SSSR count). The van der Waals surface area contributed by atoms with E-state index in [4.69, 9.17) is 4.74 Å². The highest BCUT2D eigenvalue weighted by molar-refractivity contribution is 9.11. The molecule has 1 aromatic heterocycles. The lowest BCUT2D eigenvalue weighted by Gasteiger charge is -2.36. The van der Waals surface area contributed by atoms with E-state index in [1.807, 2.05) is 37.0 Å². The summed E-state index contributed by atoms with van der Waals surface area (Å²) in [5.41, 5.74) is 1.06. The molecule has 1 fully saturated rings. The van der Waals surface area contributed by atoms with Crippen LogP contribution in [-0.4, -0.2) is 29.7 Å². The van der Waals surface area contributed by atoms with E-state index in [0.29, 0.717) is 11.8 Å². The second-order valence-corrected chi connectivity index (χ2v) is 9.19. The van der Waals surface area contributed by atoms with Crippen molar-refractivity contribution in [3.8, 4) is 0 Å². The lowest BCUT2D eigenvalue weighted by atomic mass is 9.88. The molecule has 0 saturated carbocycles. The number of amides is 1. The Hall–Kier alpha value is -0.550. The maximum atomic E-state index is 12.2. The van der Waals surface area contributed by atoms with Gasteiger partial charge >= 0.3 is 6.09 Å². The second kappa shape index (κ2) is 5.02. The third kappa shape index (κ3) is 2.75. The minimum atomic E-state index is -0.416. The zero-order chi connectivity index (χ0) is 14.5. The highest BCUT2D eigenvalue weighted by Gasteiger charge is 2.40. The molecule has 1 aliphatic heterocycles. The number of fused-ring (bicyclic) bond motifs is 3. The number of hydrogen-bond donors (Lipinski definition) is 0. The van der Waals surface area contributed by atoms with Crippen molar-refractivity contribution in [2.24, 2.45) is 5.92 Å². The van der Waals surface area contributed by atoms with E-state index in [0.717, 1.165) is 19.5 Å². The topological polar surface area (TPSA) is 29.5 Å². The monoisotopic (exact) mass is 357 g/mol. The fraction of sp³-hybridized carbons (Fsp3) is 0.667. The van der Waals surface area contributed by atoms with Crippen LogP contribution >= 0.6 is 27.3 Å². The van der Waals surface area contributed by atoms with Crippen LogP contribution in [0.2, 0.25) is 0 Å². The van der Waals surface area contributed by atoms with Crippen molar-refractivity contribution in [3.63, 3.8) is 0 Å². The molecule has 2 aliphatic rings. The number of hydrogen-bond acceptors (Lipinski definition) is 3. The largest absolute Gasteiger partial charge is 0.444 e. The molecular weight excluding hydrogens is 338 g/mol. The molecule has 2 unspecified atom stereocenters. The molecule has 1 aliphatic carbocycles. The van der Waals surface area contributed by atoms with Gasteiger partial charge in [-0.1, -0.05) is 0 Å². The predicted octanol–water partition coefficient (Wildman–Crippen LogP) is 4.41. The third-order valence-corrected chi connectivity index (χ3v) is 5.85. The quantitative estimate of drug-likeness (QED) is 0.688. The van der Waals surface area contributed by atoms with Crippen molar-refractivity contribution in [3.05, 3.63) is 20.3 Å². The van der Waals surface area contributed by atoms with E-state index in [1.54, 1.807) is 0 Å². The second-order valence-electron chi connectivity index (χ2n) is 6.73. The standard InChI is InChI=1S/C15H20BrNO2S/c1-15(2,3)19-14(18)17-5-4-9-6-10-7-12(16)20-13(10)11(9)8-17/h7,9,11H,4-6,8H2,1-3H3. The number of piperidine rings is 1. The molecular formula is C15H20BrNO2S. The Morgan fingerprint density at radius 3 is 2.95 bits per heavy atom. The van der Waals surface area contributed by atoms with Crippen molar-refractivity contribution >= 4 is 33.4 Å². The summed E-state index contributed by atoms with van der Waals surface area (Å²) in [5, 5.41) is 0. The molecule has 5 heteroatoms. The Balaban J connectivity index is 1.72. The fourth-order valence-electron chi connectivity index (χ4n) is 3.20. The van der Waals surface area contributed by atoms with E-state index >= 15 is 0 Å². The normalized spacial score (nSPS) is 25.3. The third-order valence-electron chi connectivity index (χ3n) is 4.04. The van der Waals surface area contributed by atoms with E-state index in [-0.39, 0.29) is 6.09 Å². The maximum Gasteiger partial charge on any atom is 0.410 e. The number of carbonyl (C=O) groups is 1. The van der Waals surface area contributed by atoms with E-state index in [1.165, 1.54) is 20.6 Å². The number of rotatable bonds is 0. The van der Waals surface area contributed by atoms with E-state index in [9.17, 15) is 4.79 Å². The molecule has 110 valence electrons. The summed E-state index contributed by atoms with van der Waals surface area (Å²) in [7, 11) is 0. The van der Waals surface area contributed by atoms with Crippen LogP contribution in [0.4, 0.5) is 4.79 Å². The van der Waals surface area contributed by atoms with Gasteiger partial charge in [-0.05, 0) is 67.1 Å². The van der Waals surface area contributed by atoms with Gasteiger partial charge in [0.05, 0.1) is 3.79 Å². The first-order valence-corrected chi connectivity index (χ1v) is 8.70.